The van der Waals surface area contributed by atoms with Crippen LogP contribution < -0.4 is 11.1 Å². The van der Waals surface area contributed by atoms with E-state index in [4.69, 9.17) is 10.5 Å². The summed E-state index contributed by atoms with van der Waals surface area (Å²) in [6.07, 6.45) is 3.60. The van der Waals surface area contributed by atoms with E-state index in [0.29, 0.717) is 12.5 Å². The van der Waals surface area contributed by atoms with E-state index in [2.05, 4.69) is 10.3 Å². The van der Waals surface area contributed by atoms with Gasteiger partial charge in [-0.05, 0) is 37.3 Å². The maximum Gasteiger partial charge on any atom is 0.193 e. The standard InChI is InChI=1S/C14H21N3O/c15-14(17-13-5-2-1-3-6-13)16-9-4-10-18-11-12-7-8-12/h1-3,5-6,12H,4,7-11H2,(H3,15,16,17). The third-order valence-corrected chi connectivity index (χ3v) is 2.83. The largest absolute Gasteiger partial charge is 0.381 e. The van der Waals surface area contributed by atoms with Gasteiger partial charge in [0, 0.05) is 25.4 Å². The lowest BCUT2D eigenvalue weighted by molar-refractivity contribution is 0.123. The molecule has 3 N–H and O–H groups in total. The Bertz CT molecular complexity index is 374. The minimum atomic E-state index is 0.461. The summed E-state index contributed by atoms with van der Waals surface area (Å²) in [6.45, 7) is 2.40. The van der Waals surface area contributed by atoms with Gasteiger partial charge in [-0.3, -0.25) is 4.99 Å². The normalized spacial score (nSPS) is 15.7. The molecule has 0 aliphatic heterocycles. The summed E-state index contributed by atoms with van der Waals surface area (Å²) in [5.41, 5.74) is 6.74. The highest BCUT2D eigenvalue weighted by Gasteiger charge is 2.20. The molecule has 0 spiro atoms. The Morgan fingerprint density at radius 2 is 2.11 bits per heavy atom. The Morgan fingerprint density at radius 3 is 2.83 bits per heavy atom. The predicted octanol–water partition coefficient (Wildman–Crippen LogP) is 2.23. The molecule has 1 aromatic rings. The number of benzene rings is 1. The molecule has 4 heteroatoms. The second-order valence-corrected chi connectivity index (χ2v) is 4.63. The first-order chi connectivity index (χ1) is 8.84. The van der Waals surface area contributed by atoms with Gasteiger partial charge in [0.1, 0.15) is 0 Å². The van der Waals surface area contributed by atoms with Crippen LogP contribution in [0, 0.1) is 5.92 Å². The molecule has 0 radical (unpaired) electrons. The quantitative estimate of drug-likeness (QED) is 0.441. The van der Waals surface area contributed by atoms with Gasteiger partial charge in [-0.25, -0.2) is 0 Å². The number of hydrogen-bond acceptors (Lipinski definition) is 2. The van der Waals surface area contributed by atoms with Gasteiger partial charge in [-0.15, -0.1) is 0 Å². The zero-order valence-electron chi connectivity index (χ0n) is 10.6. The van der Waals surface area contributed by atoms with E-state index in [1.165, 1.54) is 12.8 Å². The van der Waals surface area contributed by atoms with Gasteiger partial charge in [0.25, 0.3) is 0 Å². The SMILES string of the molecule is NC(=NCCCOCC1CC1)Nc1ccccc1. The third kappa shape index (κ3) is 5.19. The fourth-order valence-electron chi connectivity index (χ4n) is 1.61. The van der Waals surface area contributed by atoms with Crippen LogP contribution in [0.15, 0.2) is 35.3 Å². The van der Waals surface area contributed by atoms with Crippen molar-refractivity contribution in [2.75, 3.05) is 25.1 Å². The van der Waals surface area contributed by atoms with Crippen molar-refractivity contribution >= 4 is 11.6 Å². The minimum absolute atomic E-state index is 0.461. The van der Waals surface area contributed by atoms with E-state index in [-0.39, 0.29) is 0 Å². The van der Waals surface area contributed by atoms with Crippen molar-refractivity contribution in [2.45, 2.75) is 19.3 Å². The topological polar surface area (TPSA) is 59.6 Å². The Labute approximate surface area is 108 Å². The molecule has 0 amide bonds. The van der Waals surface area contributed by atoms with E-state index < -0.39 is 0 Å². The summed E-state index contributed by atoms with van der Waals surface area (Å²) in [7, 11) is 0. The Kier molecular flexibility index (Phi) is 5.02. The molecule has 1 aliphatic carbocycles. The molecule has 1 aliphatic rings. The monoisotopic (exact) mass is 247 g/mol. The van der Waals surface area contributed by atoms with E-state index in [0.717, 1.165) is 31.2 Å². The molecule has 0 aromatic heterocycles. The molecule has 0 saturated heterocycles. The number of aliphatic imine (C=N–C) groups is 1. The fraction of sp³-hybridized carbons (Fsp3) is 0.500. The first-order valence-electron chi connectivity index (χ1n) is 6.54. The van der Waals surface area contributed by atoms with Crippen molar-refractivity contribution in [1.29, 1.82) is 0 Å². The molecule has 2 rings (SSSR count). The van der Waals surface area contributed by atoms with Crippen LogP contribution in [0.4, 0.5) is 5.69 Å². The molecule has 98 valence electrons. The smallest absolute Gasteiger partial charge is 0.193 e. The number of anilines is 1. The van der Waals surface area contributed by atoms with Crippen LogP contribution in [0.25, 0.3) is 0 Å². The predicted molar refractivity (Wildman–Crippen MR) is 74.7 cm³/mol. The van der Waals surface area contributed by atoms with Crippen molar-refractivity contribution < 1.29 is 4.74 Å². The highest BCUT2D eigenvalue weighted by molar-refractivity contribution is 5.92. The molecule has 1 aromatic carbocycles. The molecule has 0 bridgehead atoms. The van der Waals surface area contributed by atoms with E-state index in [1.54, 1.807) is 0 Å². The van der Waals surface area contributed by atoms with Crippen molar-refractivity contribution in [3.8, 4) is 0 Å². The van der Waals surface area contributed by atoms with Gasteiger partial charge in [-0.1, -0.05) is 18.2 Å². The van der Waals surface area contributed by atoms with Gasteiger partial charge in [0.05, 0.1) is 0 Å². The van der Waals surface area contributed by atoms with Crippen LogP contribution in [0.2, 0.25) is 0 Å². The molecule has 18 heavy (non-hydrogen) atoms. The molecule has 1 saturated carbocycles. The second kappa shape index (κ2) is 7.01. The zero-order valence-corrected chi connectivity index (χ0v) is 10.6. The molecule has 4 nitrogen and oxygen atoms in total. The summed E-state index contributed by atoms with van der Waals surface area (Å²) >= 11 is 0. The molecule has 0 unspecified atom stereocenters. The Morgan fingerprint density at radius 1 is 1.33 bits per heavy atom. The van der Waals surface area contributed by atoms with Crippen molar-refractivity contribution in [3.05, 3.63) is 30.3 Å². The first-order valence-corrected chi connectivity index (χ1v) is 6.54. The number of nitrogens with zero attached hydrogens (tertiary/aromatic N) is 1. The van der Waals surface area contributed by atoms with Gasteiger partial charge in [-0.2, -0.15) is 0 Å². The lowest BCUT2D eigenvalue weighted by Gasteiger charge is -2.05. The summed E-state index contributed by atoms with van der Waals surface area (Å²) in [6, 6.07) is 9.81. The van der Waals surface area contributed by atoms with Gasteiger partial charge in [0.2, 0.25) is 0 Å². The highest BCUT2D eigenvalue weighted by Crippen LogP contribution is 2.28. The van der Waals surface area contributed by atoms with Crippen molar-refractivity contribution in [1.82, 2.24) is 0 Å². The van der Waals surface area contributed by atoms with Crippen LogP contribution in [-0.2, 0) is 4.74 Å². The van der Waals surface area contributed by atoms with Crippen molar-refractivity contribution in [2.24, 2.45) is 16.6 Å². The number of guanidine groups is 1. The Balaban J connectivity index is 1.56. The van der Waals surface area contributed by atoms with Crippen molar-refractivity contribution in [3.63, 3.8) is 0 Å². The summed E-state index contributed by atoms with van der Waals surface area (Å²) in [5, 5.41) is 3.05. The average molecular weight is 247 g/mol. The molecule has 0 heterocycles. The first kappa shape index (κ1) is 12.9. The van der Waals surface area contributed by atoms with E-state index >= 15 is 0 Å². The van der Waals surface area contributed by atoms with E-state index in [1.807, 2.05) is 30.3 Å². The fourth-order valence-corrected chi connectivity index (χ4v) is 1.61. The van der Waals surface area contributed by atoms with Crippen LogP contribution in [0.1, 0.15) is 19.3 Å². The Hall–Kier alpha value is -1.55. The number of hydrogen-bond donors (Lipinski definition) is 2. The lowest BCUT2D eigenvalue weighted by atomic mass is 10.3. The molecule has 1 fully saturated rings. The average Bonchev–Trinajstić information content (AvgIpc) is 3.19. The number of nitrogens with two attached hydrogens (primary N) is 1. The molecule has 0 atom stereocenters. The zero-order chi connectivity index (χ0) is 12.6. The number of ether oxygens (including phenoxy) is 1. The summed E-state index contributed by atoms with van der Waals surface area (Å²) in [4.78, 5) is 4.26. The van der Waals surface area contributed by atoms with Crippen LogP contribution in [-0.4, -0.2) is 25.7 Å². The summed E-state index contributed by atoms with van der Waals surface area (Å²) in [5.74, 6) is 1.29. The van der Waals surface area contributed by atoms with Crippen LogP contribution >= 0.6 is 0 Å². The molecular formula is C14H21N3O. The lowest BCUT2D eigenvalue weighted by Crippen LogP contribution is -2.22. The van der Waals surface area contributed by atoms with Gasteiger partial charge in [0.15, 0.2) is 5.96 Å². The van der Waals surface area contributed by atoms with Gasteiger partial charge < -0.3 is 15.8 Å². The maximum atomic E-state index is 5.78. The second-order valence-electron chi connectivity index (χ2n) is 4.63. The maximum absolute atomic E-state index is 5.78. The van der Waals surface area contributed by atoms with Gasteiger partial charge >= 0.3 is 0 Å². The van der Waals surface area contributed by atoms with Crippen LogP contribution in [0.3, 0.4) is 0 Å². The number of rotatable bonds is 7. The summed E-state index contributed by atoms with van der Waals surface area (Å²) < 4.78 is 5.53. The van der Waals surface area contributed by atoms with E-state index in [9.17, 15) is 0 Å². The third-order valence-electron chi connectivity index (χ3n) is 2.83. The van der Waals surface area contributed by atoms with Crippen LogP contribution in [0.5, 0.6) is 0 Å². The molecular weight excluding hydrogens is 226 g/mol. The minimum Gasteiger partial charge on any atom is -0.381 e. The number of para-hydroxylation sites is 1. The highest BCUT2D eigenvalue weighted by atomic mass is 16.5. The number of nitrogens with one attached hydrogen (secondary N) is 1.